The molecule has 164 valence electrons. The van der Waals surface area contributed by atoms with Crippen molar-refractivity contribution < 1.29 is 19.0 Å². The van der Waals surface area contributed by atoms with Crippen molar-refractivity contribution in [1.29, 1.82) is 0 Å². The van der Waals surface area contributed by atoms with E-state index >= 15 is 0 Å². The van der Waals surface area contributed by atoms with Gasteiger partial charge in [-0.1, -0.05) is 36.4 Å². The van der Waals surface area contributed by atoms with Crippen molar-refractivity contribution >= 4 is 11.7 Å². The average Bonchev–Trinajstić information content (AvgIpc) is 3.29. The number of aromatic nitrogens is 2. The van der Waals surface area contributed by atoms with Gasteiger partial charge in [-0.2, -0.15) is 4.98 Å². The maximum Gasteiger partial charge on any atom is 0.351 e. The molecular formula is C24H23N3O5. The van der Waals surface area contributed by atoms with Gasteiger partial charge in [0.25, 0.3) is 5.91 Å². The summed E-state index contributed by atoms with van der Waals surface area (Å²) in [6, 6.07) is 17.9. The van der Waals surface area contributed by atoms with Crippen LogP contribution in [0.4, 0.5) is 5.82 Å². The van der Waals surface area contributed by atoms with Crippen LogP contribution >= 0.6 is 0 Å². The first-order valence-electron chi connectivity index (χ1n) is 10.1. The van der Waals surface area contributed by atoms with Crippen LogP contribution in [0, 0.1) is 0 Å². The topological polar surface area (TPSA) is 91.7 Å². The zero-order chi connectivity index (χ0) is 22.3. The maximum absolute atomic E-state index is 12.4. The lowest BCUT2D eigenvalue weighted by Crippen LogP contribution is -2.29. The number of benzene rings is 2. The minimum atomic E-state index is -0.580. The Kier molecular flexibility index (Phi) is 6.74. The van der Waals surface area contributed by atoms with Crippen molar-refractivity contribution in [2.45, 2.75) is 18.9 Å². The highest BCUT2D eigenvalue weighted by Crippen LogP contribution is 2.21. The lowest BCUT2D eigenvalue weighted by molar-refractivity contribution is -0.0342. The van der Waals surface area contributed by atoms with Crippen molar-refractivity contribution in [1.82, 2.24) is 9.55 Å². The number of ether oxygens (including phenoxy) is 3. The molecule has 0 fully saturated rings. The van der Waals surface area contributed by atoms with E-state index in [-0.39, 0.29) is 17.8 Å². The van der Waals surface area contributed by atoms with E-state index < -0.39 is 11.9 Å². The number of nitrogens with zero attached hydrogens (tertiary/aromatic N) is 2. The highest BCUT2D eigenvalue weighted by Gasteiger charge is 2.22. The monoisotopic (exact) mass is 433 g/mol. The van der Waals surface area contributed by atoms with Gasteiger partial charge in [-0.25, -0.2) is 4.79 Å². The van der Waals surface area contributed by atoms with Gasteiger partial charge in [0.05, 0.1) is 20.3 Å². The molecule has 2 aromatic carbocycles. The zero-order valence-electron chi connectivity index (χ0n) is 17.5. The lowest BCUT2D eigenvalue weighted by atomic mass is 10.2. The summed E-state index contributed by atoms with van der Waals surface area (Å²) in [6.45, 7) is 0.798. The van der Waals surface area contributed by atoms with Crippen LogP contribution in [0.5, 0.6) is 5.75 Å². The van der Waals surface area contributed by atoms with E-state index in [1.807, 2.05) is 36.4 Å². The summed E-state index contributed by atoms with van der Waals surface area (Å²) in [5.74, 6) is 0.645. The van der Waals surface area contributed by atoms with E-state index in [4.69, 9.17) is 14.2 Å². The Morgan fingerprint density at radius 3 is 2.59 bits per heavy atom. The van der Waals surface area contributed by atoms with E-state index in [1.54, 1.807) is 49.7 Å². The van der Waals surface area contributed by atoms with Crippen molar-refractivity contribution in [3.05, 3.63) is 101 Å². The minimum Gasteiger partial charge on any atom is -0.497 e. The summed E-state index contributed by atoms with van der Waals surface area (Å²) in [7, 11) is 1.63. The van der Waals surface area contributed by atoms with E-state index in [0.29, 0.717) is 18.8 Å². The summed E-state index contributed by atoms with van der Waals surface area (Å²) in [5, 5.41) is 2.63. The molecule has 0 bridgehead atoms. The smallest absolute Gasteiger partial charge is 0.351 e. The fourth-order valence-corrected chi connectivity index (χ4v) is 3.21. The first-order chi connectivity index (χ1) is 15.6. The molecule has 4 rings (SSSR count). The van der Waals surface area contributed by atoms with E-state index in [9.17, 15) is 9.59 Å². The number of methoxy groups -OCH3 is 1. The summed E-state index contributed by atoms with van der Waals surface area (Å²) in [5.41, 5.74) is 0.987. The second kappa shape index (κ2) is 10.0. The first kappa shape index (κ1) is 21.5. The fourth-order valence-electron chi connectivity index (χ4n) is 3.21. The molecule has 32 heavy (non-hydrogen) atoms. The van der Waals surface area contributed by atoms with Gasteiger partial charge in [0.1, 0.15) is 17.7 Å². The van der Waals surface area contributed by atoms with E-state index in [2.05, 4.69) is 10.3 Å². The predicted octanol–water partition coefficient (Wildman–Crippen LogP) is 3.17. The lowest BCUT2D eigenvalue weighted by Gasteiger charge is -2.16. The Balaban J connectivity index is 1.29. The highest BCUT2D eigenvalue weighted by atomic mass is 16.5. The fraction of sp³-hybridized carbons (Fsp3) is 0.208. The van der Waals surface area contributed by atoms with E-state index in [1.165, 1.54) is 4.57 Å². The molecule has 1 N–H and O–H groups in total. The molecule has 1 aliphatic heterocycles. The van der Waals surface area contributed by atoms with Crippen LogP contribution in [0.1, 0.15) is 22.1 Å². The molecule has 0 radical (unpaired) electrons. The molecule has 2 atom stereocenters. The molecule has 8 nitrogen and oxygen atoms in total. The molecule has 0 saturated heterocycles. The second-order valence-electron chi connectivity index (χ2n) is 7.14. The number of carbonyl (C=O) groups is 1. The zero-order valence-corrected chi connectivity index (χ0v) is 17.5. The van der Waals surface area contributed by atoms with Gasteiger partial charge in [0.2, 0.25) is 0 Å². The normalized spacial score (nSPS) is 17.3. The summed E-state index contributed by atoms with van der Waals surface area (Å²) in [4.78, 5) is 28.6. The van der Waals surface area contributed by atoms with Crippen molar-refractivity contribution in [2.75, 3.05) is 19.0 Å². The Bertz CT molecular complexity index is 1140. The number of carbonyl (C=O) groups excluding carboxylic acids is 1. The molecular weight excluding hydrogens is 410 g/mol. The van der Waals surface area contributed by atoms with Crippen molar-refractivity contribution in [3.63, 3.8) is 0 Å². The highest BCUT2D eigenvalue weighted by molar-refractivity contribution is 6.03. The standard InChI is InChI=1S/C24H23N3O5/c1-30-19-9-7-17(8-10-19)15-31-16-20-11-12-22(32-20)27-14-13-21(26-24(27)29)25-23(28)18-5-3-2-4-6-18/h2-14,20,22H,15-16H2,1H3,(H,25,26,28,29)/t20-,22+/m0/s1. The number of anilines is 1. The Hall–Kier alpha value is -3.75. The number of hydrogen-bond acceptors (Lipinski definition) is 6. The maximum atomic E-state index is 12.4. The van der Waals surface area contributed by atoms with Gasteiger partial charge < -0.3 is 19.5 Å². The minimum absolute atomic E-state index is 0.182. The average molecular weight is 433 g/mol. The largest absolute Gasteiger partial charge is 0.497 e. The summed E-state index contributed by atoms with van der Waals surface area (Å²) >= 11 is 0. The van der Waals surface area contributed by atoms with Crippen LogP contribution in [-0.4, -0.2) is 35.3 Å². The molecule has 1 aliphatic rings. The molecule has 8 heteroatoms. The quantitative estimate of drug-likeness (QED) is 0.549. The Labute approximate surface area is 185 Å². The van der Waals surface area contributed by atoms with Crippen LogP contribution in [0.2, 0.25) is 0 Å². The van der Waals surface area contributed by atoms with Gasteiger partial charge in [-0.3, -0.25) is 9.36 Å². The number of hydrogen-bond donors (Lipinski definition) is 1. The molecule has 1 amide bonds. The predicted molar refractivity (Wildman–Crippen MR) is 119 cm³/mol. The van der Waals surface area contributed by atoms with Crippen LogP contribution in [-0.2, 0) is 16.1 Å². The number of nitrogens with one attached hydrogen (secondary N) is 1. The molecule has 0 saturated carbocycles. The van der Waals surface area contributed by atoms with Crippen LogP contribution in [0.3, 0.4) is 0 Å². The summed E-state index contributed by atoms with van der Waals surface area (Å²) < 4.78 is 18.1. The molecule has 0 spiro atoms. The SMILES string of the molecule is COc1ccc(COC[C@@H]2C=C[C@H](n3ccc(NC(=O)c4ccccc4)nc3=O)O2)cc1. The molecule has 2 heterocycles. The summed E-state index contributed by atoms with van der Waals surface area (Å²) in [6.07, 6.45) is 4.33. The number of rotatable bonds is 8. The third-order valence-corrected chi connectivity index (χ3v) is 4.90. The van der Waals surface area contributed by atoms with Gasteiger partial charge in [0.15, 0.2) is 6.23 Å². The molecule has 0 unspecified atom stereocenters. The van der Waals surface area contributed by atoms with Gasteiger partial charge >= 0.3 is 5.69 Å². The van der Waals surface area contributed by atoms with Crippen LogP contribution < -0.4 is 15.7 Å². The Morgan fingerprint density at radius 2 is 1.88 bits per heavy atom. The van der Waals surface area contributed by atoms with E-state index in [0.717, 1.165) is 11.3 Å². The van der Waals surface area contributed by atoms with Gasteiger partial charge in [-0.15, -0.1) is 0 Å². The third kappa shape index (κ3) is 5.29. The van der Waals surface area contributed by atoms with Gasteiger partial charge in [0, 0.05) is 11.8 Å². The van der Waals surface area contributed by atoms with Gasteiger partial charge in [-0.05, 0) is 42.0 Å². The second-order valence-corrected chi connectivity index (χ2v) is 7.14. The molecule has 1 aromatic heterocycles. The first-order valence-corrected chi connectivity index (χ1v) is 10.1. The van der Waals surface area contributed by atoms with Crippen molar-refractivity contribution in [2.24, 2.45) is 0 Å². The molecule has 3 aromatic rings. The number of amides is 1. The van der Waals surface area contributed by atoms with Crippen LogP contribution in [0.15, 0.2) is 83.8 Å². The Morgan fingerprint density at radius 1 is 1.09 bits per heavy atom. The van der Waals surface area contributed by atoms with Crippen molar-refractivity contribution in [3.8, 4) is 5.75 Å². The van der Waals surface area contributed by atoms with Crippen LogP contribution in [0.25, 0.3) is 0 Å². The third-order valence-electron chi connectivity index (χ3n) is 4.90. The molecule has 0 aliphatic carbocycles.